The average Bonchev–Trinajstić information content (AvgIpc) is 3.09. The summed E-state index contributed by atoms with van der Waals surface area (Å²) in [4.78, 5) is 17.5. The molecule has 0 amide bonds. The van der Waals surface area contributed by atoms with E-state index in [0.717, 1.165) is 38.6 Å². The van der Waals surface area contributed by atoms with Crippen molar-refractivity contribution in [2.75, 3.05) is 5.73 Å². The summed E-state index contributed by atoms with van der Waals surface area (Å²) in [6.07, 6.45) is 1.86. The minimum atomic E-state index is -0.945. The molecule has 0 saturated heterocycles. The summed E-state index contributed by atoms with van der Waals surface area (Å²) in [5, 5.41) is 11.0. The number of aromatic nitrogens is 2. The second-order valence-electron chi connectivity index (χ2n) is 5.60. The summed E-state index contributed by atoms with van der Waals surface area (Å²) in [7, 11) is 0. The number of aromatic carboxylic acids is 1. The average molecular weight is 304 g/mol. The molecule has 0 fully saturated rings. The minimum absolute atomic E-state index is 0.251. The minimum Gasteiger partial charge on any atom is -0.478 e. The predicted octanol–water partition coefficient (Wildman–Crippen LogP) is 3.71. The number of nitrogen functional groups attached to an aromatic ring is 1. The lowest BCUT2D eigenvalue weighted by molar-refractivity contribution is 0.0697. The number of carboxylic acids is 1. The van der Waals surface area contributed by atoms with Gasteiger partial charge in [0.05, 0.1) is 5.56 Å². The Hall–Kier alpha value is -3.21. The van der Waals surface area contributed by atoms with Crippen LogP contribution in [0.4, 0.5) is 5.69 Å². The number of aromatic amines is 2. The molecule has 0 saturated carbocycles. The summed E-state index contributed by atoms with van der Waals surface area (Å²) in [6, 6.07) is 12.2. The van der Waals surface area contributed by atoms with E-state index >= 15 is 0 Å². The number of rotatable bonds is 2. The molecule has 2 heterocycles. The second-order valence-corrected chi connectivity index (χ2v) is 5.60. The molecule has 0 aliphatic rings. The highest BCUT2D eigenvalue weighted by Gasteiger charge is 2.15. The number of hydrogen-bond donors (Lipinski definition) is 4. The molecule has 113 valence electrons. The van der Waals surface area contributed by atoms with Crippen molar-refractivity contribution in [1.29, 1.82) is 0 Å². The quantitative estimate of drug-likeness (QED) is 0.425. The SMILES string of the molecule is Cc1[c]c2c(-c3c[nH]c4cc(C(=O)O)ccc34)c(N)ccc2[nH]1. The van der Waals surface area contributed by atoms with Crippen molar-refractivity contribution >= 4 is 33.5 Å². The Morgan fingerprint density at radius 2 is 2.04 bits per heavy atom. The molecule has 0 bridgehead atoms. The molecule has 0 atom stereocenters. The van der Waals surface area contributed by atoms with Gasteiger partial charge in [-0.15, -0.1) is 0 Å². The number of hydrogen-bond acceptors (Lipinski definition) is 2. The molecular weight excluding hydrogens is 290 g/mol. The molecule has 1 radical (unpaired) electrons. The maximum Gasteiger partial charge on any atom is 0.335 e. The fourth-order valence-electron chi connectivity index (χ4n) is 3.03. The van der Waals surface area contributed by atoms with Crippen LogP contribution in [-0.2, 0) is 0 Å². The van der Waals surface area contributed by atoms with Gasteiger partial charge in [-0.2, -0.15) is 0 Å². The van der Waals surface area contributed by atoms with E-state index in [9.17, 15) is 4.79 Å². The smallest absolute Gasteiger partial charge is 0.335 e. The molecule has 2 aromatic heterocycles. The van der Waals surface area contributed by atoms with Gasteiger partial charge in [0.1, 0.15) is 0 Å². The third-order valence-electron chi connectivity index (χ3n) is 4.07. The standard InChI is InChI=1S/C18H14N3O2/c1-9-6-12-15(21-9)5-4-14(19)17(12)13-8-20-16-7-10(18(22)23)2-3-11(13)16/h2-5,7-8,20-21H,19H2,1H3,(H,22,23). The molecule has 0 unspecified atom stereocenters. The molecule has 4 aromatic rings. The van der Waals surface area contributed by atoms with Crippen LogP contribution in [0, 0.1) is 13.0 Å². The van der Waals surface area contributed by atoms with Gasteiger partial charge in [-0.05, 0) is 31.2 Å². The number of fused-ring (bicyclic) bond motifs is 2. The van der Waals surface area contributed by atoms with Gasteiger partial charge in [0.15, 0.2) is 0 Å². The molecular formula is C18H14N3O2. The summed E-state index contributed by atoms with van der Waals surface area (Å²) in [5.74, 6) is -0.945. The van der Waals surface area contributed by atoms with E-state index in [0.29, 0.717) is 5.69 Å². The number of carbonyl (C=O) groups is 1. The van der Waals surface area contributed by atoms with Crippen molar-refractivity contribution < 1.29 is 9.90 Å². The third kappa shape index (κ3) is 1.97. The number of benzene rings is 2. The number of nitrogens with two attached hydrogens (primary N) is 1. The zero-order valence-corrected chi connectivity index (χ0v) is 12.4. The summed E-state index contributed by atoms with van der Waals surface area (Å²) in [5.41, 5.74) is 11.7. The summed E-state index contributed by atoms with van der Waals surface area (Å²) < 4.78 is 0. The zero-order valence-electron chi connectivity index (χ0n) is 12.4. The topological polar surface area (TPSA) is 94.9 Å². The molecule has 0 aliphatic heterocycles. The van der Waals surface area contributed by atoms with Gasteiger partial charge in [0.25, 0.3) is 0 Å². The van der Waals surface area contributed by atoms with Crippen LogP contribution in [0.1, 0.15) is 16.1 Å². The Balaban J connectivity index is 2.03. The molecule has 0 spiro atoms. The van der Waals surface area contributed by atoms with Crippen molar-refractivity contribution in [3.8, 4) is 11.1 Å². The first-order valence-electron chi connectivity index (χ1n) is 7.19. The Kier molecular flexibility index (Phi) is 2.72. The summed E-state index contributed by atoms with van der Waals surface area (Å²) >= 11 is 0. The van der Waals surface area contributed by atoms with E-state index in [-0.39, 0.29) is 5.56 Å². The van der Waals surface area contributed by atoms with Crippen LogP contribution in [0.3, 0.4) is 0 Å². The number of H-pyrrole nitrogens is 2. The molecule has 23 heavy (non-hydrogen) atoms. The maximum absolute atomic E-state index is 11.1. The van der Waals surface area contributed by atoms with Crippen LogP contribution in [0.25, 0.3) is 32.9 Å². The van der Waals surface area contributed by atoms with E-state index < -0.39 is 5.97 Å². The van der Waals surface area contributed by atoms with Crippen molar-refractivity contribution in [2.24, 2.45) is 0 Å². The highest BCUT2D eigenvalue weighted by atomic mass is 16.4. The Labute approximate surface area is 131 Å². The Bertz CT molecular complexity index is 1070. The van der Waals surface area contributed by atoms with Crippen LogP contribution in [-0.4, -0.2) is 21.0 Å². The fourth-order valence-corrected chi connectivity index (χ4v) is 3.03. The van der Waals surface area contributed by atoms with Crippen LogP contribution in [0.15, 0.2) is 36.5 Å². The molecule has 4 rings (SSSR count). The van der Waals surface area contributed by atoms with Gasteiger partial charge in [-0.1, -0.05) is 6.07 Å². The number of carboxylic acid groups (broad SMARTS) is 1. The first-order valence-corrected chi connectivity index (χ1v) is 7.19. The fraction of sp³-hybridized carbons (Fsp3) is 0.0556. The van der Waals surface area contributed by atoms with Crippen LogP contribution < -0.4 is 5.73 Å². The third-order valence-corrected chi connectivity index (χ3v) is 4.07. The van der Waals surface area contributed by atoms with Gasteiger partial charge in [0, 0.05) is 56.6 Å². The van der Waals surface area contributed by atoms with Crippen LogP contribution >= 0.6 is 0 Å². The van der Waals surface area contributed by atoms with Crippen molar-refractivity contribution in [3.63, 3.8) is 0 Å². The number of anilines is 1. The van der Waals surface area contributed by atoms with Gasteiger partial charge >= 0.3 is 5.97 Å². The van der Waals surface area contributed by atoms with E-state index in [1.165, 1.54) is 0 Å². The van der Waals surface area contributed by atoms with E-state index in [1.54, 1.807) is 12.1 Å². The van der Waals surface area contributed by atoms with Crippen molar-refractivity contribution in [2.45, 2.75) is 6.92 Å². The molecule has 5 heteroatoms. The molecule has 5 N–H and O–H groups in total. The first-order chi connectivity index (χ1) is 11.0. The van der Waals surface area contributed by atoms with Gasteiger partial charge < -0.3 is 20.8 Å². The summed E-state index contributed by atoms with van der Waals surface area (Å²) in [6.45, 7) is 1.95. The highest BCUT2D eigenvalue weighted by molar-refractivity contribution is 6.09. The maximum atomic E-state index is 11.1. The van der Waals surface area contributed by atoms with E-state index in [2.05, 4.69) is 16.0 Å². The van der Waals surface area contributed by atoms with Crippen LogP contribution in [0.2, 0.25) is 0 Å². The van der Waals surface area contributed by atoms with Crippen molar-refractivity contribution in [1.82, 2.24) is 9.97 Å². The molecule has 2 aromatic carbocycles. The van der Waals surface area contributed by atoms with Crippen molar-refractivity contribution in [3.05, 3.63) is 53.9 Å². The Morgan fingerprint density at radius 3 is 2.83 bits per heavy atom. The van der Waals surface area contributed by atoms with Gasteiger partial charge in [0.2, 0.25) is 0 Å². The number of nitrogens with one attached hydrogen (secondary N) is 2. The molecule has 0 aliphatic carbocycles. The van der Waals surface area contributed by atoms with E-state index in [4.69, 9.17) is 10.8 Å². The lowest BCUT2D eigenvalue weighted by atomic mass is 9.98. The largest absolute Gasteiger partial charge is 0.478 e. The first kappa shape index (κ1) is 13.5. The second kappa shape index (κ2) is 4.64. The van der Waals surface area contributed by atoms with Crippen LogP contribution in [0.5, 0.6) is 0 Å². The molecule has 5 nitrogen and oxygen atoms in total. The lowest BCUT2D eigenvalue weighted by Crippen LogP contribution is -1.95. The number of aryl methyl sites for hydroxylation is 1. The zero-order chi connectivity index (χ0) is 16.1. The van der Waals surface area contributed by atoms with E-state index in [1.807, 2.05) is 31.3 Å². The predicted molar refractivity (Wildman–Crippen MR) is 90.5 cm³/mol. The highest BCUT2D eigenvalue weighted by Crippen LogP contribution is 2.38. The normalized spacial score (nSPS) is 11.3. The lowest BCUT2D eigenvalue weighted by Gasteiger charge is -2.07. The Morgan fingerprint density at radius 1 is 1.22 bits per heavy atom. The van der Waals surface area contributed by atoms with Gasteiger partial charge in [-0.25, -0.2) is 4.79 Å². The van der Waals surface area contributed by atoms with Gasteiger partial charge in [-0.3, -0.25) is 0 Å². The monoisotopic (exact) mass is 304 g/mol.